The molecule has 1 aliphatic heterocycles. The van der Waals surface area contributed by atoms with Crippen LogP contribution in [-0.2, 0) is 23.9 Å². The van der Waals surface area contributed by atoms with Gasteiger partial charge in [0.2, 0.25) is 11.8 Å². The molecule has 1 aliphatic carbocycles. The van der Waals surface area contributed by atoms with Gasteiger partial charge in [-0.25, -0.2) is 0 Å². The Hall–Kier alpha value is -3.81. The van der Waals surface area contributed by atoms with Gasteiger partial charge in [0.25, 0.3) is 11.6 Å². The van der Waals surface area contributed by atoms with E-state index in [0.717, 1.165) is 29.9 Å². The monoisotopic (exact) mass is 414 g/mol. The Morgan fingerprint density at radius 2 is 1.87 bits per heavy atom. The van der Waals surface area contributed by atoms with Crippen LogP contribution in [0, 0.1) is 33.3 Å². The molecule has 1 saturated carbocycles. The van der Waals surface area contributed by atoms with Gasteiger partial charge in [0.15, 0.2) is 6.61 Å². The highest BCUT2D eigenvalue weighted by molar-refractivity contribution is 6.07. The molecule has 2 fully saturated rings. The Morgan fingerprint density at radius 3 is 2.43 bits per heavy atom. The van der Waals surface area contributed by atoms with Crippen LogP contribution in [0.15, 0.2) is 18.2 Å². The van der Waals surface area contributed by atoms with Crippen molar-refractivity contribution >= 4 is 35.1 Å². The normalized spacial score (nSPS) is 20.3. The first-order chi connectivity index (χ1) is 14.3. The van der Waals surface area contributed by atoms with Gasteiger partial charge in [-0.3, -0.25) is 34.2 Å². The molecule has 156 valence electrons. The van der Waals surface area contributed by atoms with Crippen LogP contribution in [0.4, 0.5) is 11.4 Å². The number of nitro groups is 1. The minimum absolute atomic E-state index is 0.0260. The quantitative estimate of drug-likeness (QED) is 0.314. The SMILES string of the molecule is N#Cc1cc([N+](=O)[O-])ccc1NC(=O)COC(=O)CN1C(=O)C2CCCCC2C1=O. The molecule has 30 heavy (non-hydrogen) atoms. The average Bonchev–Trinajstić information content (AvgIpc) is 2.97. The third-order valence-electron chi connectivity index (χ3n) is 5.19. The van der Waals surface area contributed by atoms with Crippen molar-refractivity contribution in [3.05, 3.63) is 33.9 Å². The predicted octanol–water partition coefficient (Wildman–Crippen LogP) is 1.12. The van der Waals surface area contributed by atoms with Crippen LogP contribution in [-0.4, -0.2) is 46.7 Å². The summed E-state index contributed by atoms with van der Waals surface area (Å²) in [5.41, 5.74) is -0.408. The van der Waals surface area contributed by atoms with Crippen molar-refractivity contribution in [1.29, 1.82) is 5.26 Å². The summed E-state index contributed by atoms with van der Waals surface area (Å²) in [5.74, 6) is -3.20. The molecule has 2 atom stereocenters. The van der Waals surface area contributed by atoms with E-state index in [-0.39, 0.29) is 40.6 Å². The fraction of sp³-hybridized carbons (Fsp3) is 0.421. The zero-order valence-corrected chi connectivity index (χ0v) is 15.8. The Balaban J connectivity index is 1.53. The first kappa shape index (κ1) is 20.9. The molecule has 11 nitrogen and oxygen atoms in total. The van der Waals surface area contributed by atoms with E-state index in [4.69, 9.17) is 10.00 Å². The molecule has 2 unspecified atom stereocenters. The second kappa shape index (κ2) is 8.69. The van der Waals surface area contributed by atoms with Crippen molar-refractivity contribution in [3.8, 4) is 6.07 Å². The standard InChI is InChI=1S/C19H18N4O7/c20-8-11-7-12(23(28)29)5-6-15(11)21-16(24)10-30-17(25)9-22-18(26)13-3-1-2-4-14(13)19(22)27/h5-7,13-14H,1-4,9-10H2,(H,21,24). The summed E-state index contributed by atoms with van der Waals surface area (Å²) in [5, 5.41) is 22.2. The number of nitriles is 1. The number of fused-ring (bicyclic) bond motifs is 1. The second-order valence-electron chi connectivity index (χ2n) is 7.07. The Kier molecular flexibility index (Phi) is 6.06. The summed E-state index contributed by atoms with van der Waals surface area (Å²) in [6, 6.07) is 5.05. The van der Waals surface area contributed by atoms with Crippen LogP contribution in [0.2, 0.25) is 0 Å². The lowest BCUT2D eigenvalue weighted by Crippen LogP contribution is -2.37. The summed E-state index contributed by atoms with van der Waals surface area (Å²) in [7, 11) is 0. The molecule has 0 bridgehead atoms. The maximum atomic E-state index is 12.4. The third-order valence-corrected chi connectivity index (χ3v) is 5.19. The first-order valence-electron chi connectivity index (χ1n) is 9.31. The average molecular weight is 414 g/mol. The van der Waals surface area contributed by atoms with Crippen LogP contribution in [0.3, 0.4) is 0 Å². The molecule has 1 N–H and O–H groups in total. The molecule has 3 rings (SSSR count). The molecule has 1 heterocycles. The Morgan fingerprint density at radius 1 is 1.23 bits per heavy atom. The number of esters is 1. The predicted molar refractivity (Wildman–Crippen MR) is 99.6 cm³/mol. The molecule has 1 saturated heterocycles. The Labute approximate surface area is 170 Å². The van der Waals surface area contributed by atoms with E-state index in [2.05, 4.69) is 5.32 Å². The minimum atomic E-state index is -0.908. The van der Waals surface area contributed by atoms with Gasteiger partial charge in [-0.2, -0.15) is 5.26 Å². The number of hydrogen-bond acceptors (Lipinski definition) is 8. The van der Waals surface area contributed by atoms with Gasteiger partial charge < -0.3 is 10.1 Å². The zero-order chi connectivity index (χ0) is 21.8. The van der Waals surface area contributed by atoms with Crippen molar-refractivity contribution in [2.45, 2.75) is 25.7 Å². The number of imide groups is 1. The third kappa shape index (κ3) is 4.27. The van der Waals surface area contributed by atoms with Crippen LogP contribution in [0.1, 0.15) is 31.2 Å². The molecule has 3 amide bonds. The molecule has 0 aromatic heterocycles. The molecule has 11 heteroatoms. The maximum Gasteiger partial charge on any atom is 0.326 e. The molecule has 2 aliphatic rings. The van der Waals surface area contributed by atoms with Crippen LogP contribution >= 0.6 is 0 Å². The van der Waals surface area contributed by atoms with E-state index >= 15 is 0 Å². The molecule has 1 aromatic carbocycles. The van der Waals surface area contributed by atoms with E-state index in [0.29, 0.717) is 12.8 Å². The van der Waals surface area contributed by atoms with Gasteiger partial charge in [0.05, 0.1) is 28.0 Å². The van der Waals surface area contributed by atoms with Gasteiger partial charge in [0, 0.05) is 12.1 Å². The second-order valence-corrected chi connectivity index (χ2v) is 7.07. The van der Waals surface area contributed by atoms with Gasteiger partial charge in [-0.05, 0) is 18.9 Å². The summed E-state index contributed by atoms with van der Waals surface area (Å²) in [6.07, 6.45) is 2.98. The summed E-state index contributed by atoms with van der Waals surface area (Å²) >= 11 is 0. The lowest BCUT2D eigenvalue weighted by Gasteiger charge is -2.19. The van der Waals surface area contributed by atoms with Crippen molar-refractivity contribution in [1.82, 2.24) is 4.90 Å². The minimum Gasteiger partial charge on any atom is -0.454 e. The number of hydrogen-bond donors (Lipinski definition) is 1. The van der Waals surface area contributed by atoms with E-state index in [1.54, 1.807) is 6.07 Å². The van der Waals surface area contributed by atoms with Crippen LogP contribution in [0.5, 0.6) is 0 Å². The summed E-state index contributed by atoms with van der Waals surface area (Å²) < 4.78 is 4.84. The highest BCUT2D eigenvalue weighted by Crippen LogP contribution is 2.37. The van der Waals surface area contributed by atoms with Crippen molar-refractivity contribution in [2.24, 2.45) is 11.8 Å². The van der Waals surface area contributed by atoms with Crippen molar-refractivity contribution in [2.75, 3.05) is 18.5 Å². The number of nitro benzene ring substituents is 1. The number of nitrogens with one attached hydrogen (secondary N) is 1. The molecular formula is C19H18N4O7. The van der Waals surface area contributed by atoms with E-state index < -0.39 is 30.0 Å². The highest BCUT2D eigenvalue weighted by Gasteiger charge is 2.48. The van der Waals surface area contributed by atoms with Crippen molar-refractivity contribution < 1.29 is 28.8 Å². The number of likely N-dealkylation sites (tertiary alicyclic amines) is 1. The lowest BCUT2D eigenvalue weighted by molar-refractivity contribution is -0.384. The summed E-state index contributed by atoms with van der Waals surface area (Å²) in [6.45, 7) is -1.26. The molecular weight excluding hydrogens is 396 g/mol. The van der Waals surface area contributed by atoms with E-state index in [1.807, 2.05) is 0 Å². The molecule has 1 aromatic rings. The number of ether oxygens (including phenoxy) is 1. The van der Waals surface area contributed by atoms with Gasteiger partial charge in [-0.15, -0.1) is 0 Å². The number of benzene rings is 1. The number of non-ortho nitro benzene ring substituents is 1. The fourth-order valence-corrected chi connectivity index (χ4v) is 3.74. The number of anilines is 1. The lowest BCUT2D eigenvalue weighted by atomic mass is 9.81. The van der Waals surface area contributed by atoms with Crippen molar-refractivity contribution in [3.63, 3.8) is 0 Å². The number of nitrogens with zero attached hydrogens (tertiary/aromatic N) is 3. The maximum absolute atomic E-state index is 12.4. The van der Waals surface area contributed by atoms with Gasteiger partial charge >= 0.3 is 5.97 Å². The number of amides is 3. The number of carbonyl (C=O) groups excluding carboxylic acids is 4. The smallest absolute Gasteiger partial charge is 0.326 e. The number of rotatable bonds is 6. The van der Waals surface area contributed by atoms with E-state index in [9.17, 15) is 29.3 Å². The van der Waals surface area contributed by atoms with E-state index in [1.165, 1.54) is 6.07 Å². The zero-order valence-electron chi connectivity index (χ0n) is 15.8. The summed E-state index contributed by atoms with van der Waals surface area (Å²) in [4.78, 5) is 59.7. The number of carbonyl (C=O) groups is 4. The van der Waals surface area contributed by atoms with Gasteiger partial charge in [-0.1, -0.05) is 12.8 Å². The Bertz CT molecular complexity index is 944. The largest absolute Gasteiger partial charge is 0.454 e. The topological polar surface area (TPSA) is 160 Å². The first-order valence-corrected chi connectivity index (χ1v) is 9.31. The molecule has 0 spiro atoms. The molecule has 0 radical (unpaired) electrons. The van der Waals surface area contributed by atoms with Crippen LogP contribution < -0.4 is 5.32 Å². The highest BCUT2D eigenvalue weighted by atomic mass is 16.6. The van der Waals surface area contributed by atoms with Gasteiger partial charge in [0.1, 0.15) is 12.6 Å². The van der Waals surface area contributed by atoms with Crippen LogP contribution in [0.25, 0.3) is 0 Å². The fourth-order valence-electron chi connectivity index (χ4n) is 3.74.